The molecule has 0 aromatic heterocycles. The zero-order valence-electron chi connectivity index (χ0n) is 17.7. The van der Waals surface area contributed by atoms with E-state index in [-0.39, 0.29) is 23.0 Å². The van der Waals surface area contributed by atoms with Crippen molar-refractivity contribution in [2.45, 2.75) is 44.4 Å². The summed E-state index contributed by atoms with van der Waals surface area (Å²) in [6, 6.07) is 11.8. The van der Waals surface area contributed by atoms with Gasteiger partial charge in [0.1, 0.15) is 5.75 Å². The summed E-state index contributed by atoms with van der Waals surface area (Å²) in [5.41, 5.74) is 2.20. The summed E-state index contributed by atoms with van der Waals surface area (Å²) >= 11 is 0. The molecule has 0 spiro atoms. The minimum absolute atomic E-state index is 0.105. The van der Waals surface area contributed by atoms with Crippen molar-refractivity contribution in [1.29, 1.82) is 0 Å². The first-order valence-corrected chi connectivity index (χ1v) is 11.3. The second kappa shape index (κ2) is 9.16. The van der Waals surface area contributed by atoms with Gasteiger partial charge in [-0.2, -0.15) is 4.31 Å². The summed E-state index contributed by atoms with van der Waals surface area (Å²) in [6.45, 7) is 6.54. The maximum atomic E-state index is 13.1. The normalized spacial score (nSPS) is 20.0. The number of benzene rings is 2. The van der Waals surface area contributed by atoms with Crippen molar-refractivity contribution < 1.29 is 22.7 Å². The Kier molecular flexibility index (Phi) is 6.80. The second-order valence-electron chi connectivity index (χ2n) is 7.59. The van der Waals surface area contributed by atoms with Crippen LogP contribution >= 0.6 is 0 Å². The lowest BCUT2D eigenvalue weighted by Gasteiger charge is -2.34. The number of morpholine rings is 1. The number of nitrogens with one attached hydrogen (secondary N) is 1. The molecular formula is C22H28N2O5S. The molecule has 2 aromatic carbocycles. The average molecular weight is 433 g/mol. The van der Waals surface area contributed by atoms with Gasteiger partial charge in [-0.25, -0.2) is 8.42 Å². The fraction of sp³-hybridized carbons (Fsp3) is 0.409. The molecule has 1 N–H and O–H groups in total. The molecule has 2 aromatic rings. The van der Waals surface area contributed by atoms with Crippen molar-refractivity contribution in [1.82, 2.24) is 9.62 Å². The van der Waals surface area contributed by atoms with Gasteiger partial charge in [-0.3, -0.25) is 4.79 Å². The van der Waals surface area contributed by atoms with E-state index in [4.69, 9.17) is 9.47 Å². The first-order chi connectivity index (χ1) is 14.2. The summed E-state index contributed by atoms with van der Waals surface area (Å²) in [6.07, 6.45) is -0.358. The monoisotopic (exact) mass is 432 g/mol. The highest BCUT2D eigenvalue weighted by atomic mass is 32.2. The van der Waals surface area contributed by atoms with Gasteiger partial charge < -0.3 is 14.8 Å². The maximum absolute atomic E-state index is 13.1. The fourth-order valence-electron chi connectivity index (χ4n) is 3.53. The molecule has 8 heteroatoms. The van der Waals surface area contributed by atoms with E-state index >= 15 is 0 Å². The number of hydrogen-bond donors (Lipinski definition) is 1. The summed E-state index contributed by atoms with van der Waals surface area (Å²) in [5.74, 6) is 0.416. The van der Waals surface area contributed by atoms with Crippen molar-refractivity contribution in [3.05, 3.63) is 59.2 Å². The number of amides is 1. The zero-order chi connectivity index (χ0) is 21.9. The van der Waals surface area contributed by atoms with E-state index in [0.29, 0.717) is 25.2 Å². The van der Waals surface area contributed by atoms with Crippen LogP contribution in [0.1, 0.15) is 35.3 Å². The van der Waals surface area contributed by atoms with Gasteiger partial charge in [-0.15, -0.1) is 0 Å². The molecule has 1 amide bonds. The van der Waals surface area contributed by atoms with Gasteiger partial charge in [0.25, 0.3) is 5.91 Å². The molecule has 0 saturated carbocycles. The highest BCUT2D eigenvalue weighted by molar-refractivity contribution is 7.89. The first kappa shape index (κ1) is 22.3. The van der Waals surface area contributed by atoms with E-state index in [9.17, 15) is 13.2 Å². The maximum Gasteiger partial charge on any atom is 0.251 e. The molecular weight excluding hydrogens is 404 g/mol. The van der Waals surface area contributed by atoms with Crippen LogP contribution < -0.4 is 10.1 Å². The second-order valence-corrected chi connectivity index (χ2v) is 9.53. The Morgan fingerprint density at radius 2 is 1.87 bits per heavy atom. The van der Waals surface area contributed by atoms with Crippen LogP contribution in [0, 0.1) is 6.92 Å². The Balaban J connectivity index is 1.73. The molecule has 1 heterocycles. The van der Waals surface area contributed by atoms with E-state index in [0.717, 1.165) is 16.9 Å². The number of methoxy groups -OCH3 is 1. The number of carbonyl (C=O) groups excluding carboxylic acids is 1. The Bertz CT molecular complexity index is 1010. The molecule has 2 unspecified atom stereocenters. The predicted octanol–water partition coefficient (Wildman–Crippen LogP) is 2.73. The molecule has 1 aliphatic heterocycles. The molecule has 7 nitrogen and oxygen atoms in total. The smallest absolute Gasteiger partial charge is 0.251 e. The molecule has 0 bridgehead atoms. The molecule has 30 heavy (non-hydrogen) atoms. The highest BCUT2D eigenvalue weighted by Crippen LogP contribution is 2.22. The molecule has 3 rings (SSSR count). The topological polar surface area (TPSA) is 84.9 Å². The number of carbonyl (C=O) groups is 1. The summed E-state index contributed by atoms with van der Waals surface area (Å²) in [7, 11) is -2.10. The minimum atomic E-state index is -3.71. The van der Waals surface area contributed by atoms with Gasteiger partial charge in [0.2, 0.25) is 10.0 Å². The fourth-order valence-corrected chi connectivity index (χ4v) is 5.17. The van der Waals surface area contributed by atoms with Gasteiger partial charge in [-0.05, 0) is 56.2 Å². The van der Waals surface area contributed by atoms with Gasteiger partial charge in [0.05, 0.1) is 24.2 Å². The van der Waals surface area contributed by atoms with Gasteiger partial charge >= 0.3 is 0 Å². The molecule has 162 valence electrons. The van der Waals surface area contributed by atoms with E-state index in [1.54, 1.807) is 19.2 Å². The number of ether oxygens (including phenoxy) is 2. The third kappa shape index (κ3) is 5.00. The van der Waals surface area contributed by atoms with Crippen LogP contribution in [0.15, 0.2) is 47.4 Å². The molecule has 0 radical (unpaired) electrons. The van der Waals surface area contributed by atoms with E-state index < -0.39 is 10.0 Å². The number of aryl methyl sites for hydroxylation is 1. The van der Waals surface area contributed by atoms with Crippen LogP contribution in [-0.2, 0) is 21.3 Å². The highest BCUT2D eigenvalue weighted by Gasteiger charge is 2.32. The molecule has 1 saturated heterocycles. The van der Waals surface area contributed by atoms with Crippen LogP contribution in [0.25, 0.3) is 0 Å². The van der Waals surface area contributed by atoms with Crippen molar-refractivity contribution in [2.24, 2.45) is 0 Å². The van der Waals surface area contributed by atoms with E-state index in [1.165, 1.54) is 16.4 Å². The Morgan fingerprint density at radius 1 is 1.17 bits per heavy atom. The molecule has 0 aliphatic carbocycles. The summed E-state index contributed by atoms with van der Waals surface area (Å²) in [5, 5.41) is 2.84. The van der Waals surface area contributed by atoms with Crippen molar-refractivity contribution in [3.8, 4) is 5.75 Å². The van der Waals surface area contributed by atoms with Crippen LogP contribution in [0.4, 0.5) is 0 Å². The Morgan fingerprint density at radius 3 is 2.53 bits per heavy atom. The molecule has 1 aliphatic rings. The number of nitrogens with zero attached hydrogens (tertiary/aromatic N) is 1. The van der Waals surface area contributed by atoms with E-state index in [1.807, 2.05) is 39.0 Å². The summed E-state index contributed by atoms with van der Waals surface area (Å²) in [4.78, 5) is 12.7. The zero-order valence-corrected chi connectivity index (χ0v) is 18.5. The van der Waals surface area contributed by atoms with Crippen LogP contribution in [0.3, 0.4) is 0 Å². The summed E-state index contributed by atoms with van der Waals surface area (Å²) < 4.78 is 38.5. The lowest BCUT2D eigenvalue weighted by atomic mass is 10.1. The largest absolute Gasteiger partial charge is 0.496 e. The third-order valence-corrected chi connectivity index (χ3v) is 6.87. The standard InChI is InChI=1S/C22H28N2O5S/c1-15-8-9-18(10-21(15)28-4)12-23-22(25)19-6-5-7-20(11-19)30(26,27)24-13-16(2)29-17(3)14-24/h5-11,16-17H,12-14H2,1-4H3,(H,23,25). The van der Waals surface area contributed by atoms with Crippen molar-refractivity contribution in [2.75, 3.05) is 20.2 Å². The molecule has 1 fully saturated rings. The van der Waals surface area contributed by atoms with E-state index in [2.05, 4.69) is 5.32 Å². The first-order valence-electron chi connectivity index (χ1n) is 9.88. The van der Waals surface area contributed by atoms with Crippen molar-refractivity contribution >= 4 is 15.9 Å². The number of sulfonamides is 1. The predicted molar refractivity (Wildman–Crippen MR) is 114 cm³/mol. The Labute approximate surface area is 178 Å². The van der Waals surface area contributed by atoms with Crippen LogP contribution in [0.2, 0.25) is 0 Å². The molecule has 2 atom stereocenters. The van der Waals surface area contributed by atoms with Gasteiger partial charge in [0, 0.05) is 25.2 Å². The number of rotatable bonds is 6. The van der Waals surface area contributed by atoms with Crippen LogP contribution in [-0.4, -0.2) is 51.0 Å². The lowest BCUT2D eigenvalue weighted by molar-refractivity contribution is -0.0440. The minimum Gasteiger partial charge on any atom is -0.496 e. The third-order valence-electron chi connectivity index (χ3n) is 5.05. The van der Waals surface area contributed by atoms with Crippen molar-refractivity contribution in [3.63, 3.8) is 0 Å². The quantitative estimate of drug-likeness (QED) is 0.759. The van der Waals surface area contributed by atoms with Gasteiger partial charge in [0.15, 0.2) is 0 Å². The van der Waals surface area contributed by atoms with Crippen LogP contribution in [0.5, 0.6) is 5.75 Å². The van der Waals surface area contributed by atoms with Gasteiger partial charge in [-0.1, -0.05) is 18.2 Å². The number of hydrogen-bond acceptors (Lipinski definition) is 5. The average Bonchev–Trinajstić information content (AvgIpc) is 2.72. The Hall–Kier alpha value is -2.42. The lowest BCUT2D eigenvalue weighted by Crippen LogP contribution is -2.48. The SMILES string of the molecule is COc1cc(CNC(=O)c2cccc(S(=O)(=O)N3CC(C)OC(C)C3)c2)ccc1C.